The van der Waals surface area contributed by atoms with Gasteiger partial charge in [0, 0.05) is 28.8 Å². The molecule has 1 unspecified atom stereocenters. The Morgan fingerprint density at radius 3 is 2.74 bits per heavy atom. The van der Waals surface area contributed by atoms with Gasteiger partial charge in [0.05, 0.1) is 12.6 Å². The SMILES string of the molecule is O=C(NC1CCCOc2cc(F)ccc21)c1cccc(NC(=O)C2CC2)c1. The molecular weight excluding hydrogens is 347 g/mol. The third-order valence-electron chi connectivity index (χ3n) is 4.89. The van der Waals surface area contributed by atoms with E-state index in [1.807, 2.05) is 0 Å². The molecule has 140 valence electrons. The van der Waals surface area contributed by atoms with Crippen LogP contribution < -0.4 is 15.4 Å². The molecule has 1 aliphatic carbocycles. The minimum Gasteiger partial charge on any atom is -0.493 e. The fourth-order valence-corrected chi connectivity index (χ4v) is 3.27. The highest BCUT2D eigenvalue weighted by molar-refractivity contribution is 5.98. The maximum Gasteiger partial charge on any atom is 0.251 e. The van der Waals surface area contributed by atoms with Crippen LogP contribution in [0.2, 0.25) is 0 Å². The quantitative estimate of drug-likeness (QED) is 0.862. The van der Waals surface area contributed by atoms with Gasteiger partial charge in [0.25, 0.3) is 5.91 Å². The van der Waals surface area contributed by atoms with Crippen molar-refractivity contribution in [3.05, 3.63) is 59.4 Å². The lowest BCUT2D eigenvalue weighted by Gasteiger charge is -2.19. The molecule has 2 aromatic carbocycles. The second-order valence-electron chi connectivity index (χ2n) is 7.04. The number of carbonyl (C=O) groups excluding carboxylic acids is 2. The maximum atomic E-state index is 13.5. The fraction of sp³-hybridized carbons (Fsp3) is 0.333. The van der Waals surface area contributed by atoms with Crippen molar-refractivity contribution in [3.63, 3.8) is 0 Å². The monoisotopic (exact) mass is 368 g/mol. The van der Waals surface area contributed by atoms with Gasteiger partial charge in [-0.05, 0) is 49.9 Å². The zero-order valence-electron chi connectivity index (χ0n) is 14.8. The first-order valence-corrected chi connectivity index (χ1v) is 9.24. The van der Waals surface area contributed by atoms with E-state index in [9.17, 15) is 14.0 Å². The Bertz CT molecular complexity index is 879. The van der Waals surface area contributed by atoms with Crippen LogP contribution in [0.5, 0.6) is 5.75 Å². The molecule has 4 rings (SSSR count). The number of ether oxygens (including phenoxy) is 1. The Hall–Kier alpha value is -2.89. The van der Waals surface area contributed by atoms with Crippen molar-refractivity contribution in [1.82, 2.24) is 5.32 Å². The molecule has 0 aromatic heterocycles. The fourth-order valence-electron chi connectivity index (χ4n) is 3.27. The van der Waals surface area contributed by atoms with E-state index in [1.54, 1.807) is 30.3 Å². The van der Waals surface area contributed by atoms with E-state index in [0.717, 1.165) is 24.8 Å². The average molecular weight is 368 g/mol. The molecule has 1 saturated carbocycles. The third kappa shape index (κ3) is 4.10. The predicted molar refractivity (Wildman–Crippen MR) is 99.1 cm³/mol. The highest BCUT2D eigenvalue weighted by atomic mass is 19.1. The molecule has 2 N–H and O–H groups in total. The zero-order valence-corrected chi connectivity index (χ0v) is 14.8. The van der Waals surface area contributed by atoms with Crippen molar-refractivity contribution in [1.29, 1.82) is 0 Å². The summed E-state index contributed by atoms with van der Waals surface area (Å²) in [5.41, 5.74) is 1.86. The third-order valence-corrected chi connectivity index (χ3v) is 4.89. The Labute approximate surface area is 156 Å². The summed E-state index contributed by atoms with van der Waals surface area (Å²) in [5, 5.41) is 5.87. The smallest absolute Gasteiger partial charge is 0.251 e. The zero-order chi connectivity index (χ0) is 18.8. The number of hydrogen-bond donors (Lipinski definition) is 2. The van der Waals surface area contributed by atoms with Crippen LogP contribution in [0.15, 0.2) is 42.5 Å². The lowest BCUT2D eigenvalue weighted by Crippen LogP contribution is -2.28. The number of hydrogen-bond acceptors (Lipinski definition) is 3. The van der Waals surface area contributed by atoms with Crippen molar-refractivity contribution in [2.24, 2.45) is 5.92 Å². The normalized spacial score (nSPS) is 18.6. The Balaban J connectivity index is 1.50. The summed E-state index contributed by atoms with van der Waals surface area (Å²) in [6.45, 7) is 0.492. The van der Waals surface area contributed by atoms with Gasteiger partial charge >= 0.3 is 0 Å². The molecule has 2 amide bonds. The van der Waals surface area contributed by atoms with Crippen LogP contribution in [0, 0.1) is 11.7 Å². The number of nitrogens with one attached hydrogen (secondary N) is 2. The van der Waals surface area contributed by atoms with E-state index >= 15 is 0 Å². The molecule has 1 heterocycles. The van der Waals surface area contributed by atoms with Gasteiger partial charge in [0.1, 0.15) is 11.6 Å². The van der Waals surface area contributed by atoms with Crippen LogP contribution in [0.3, 0.4) is 0 Å². The lowest BCUT2D eigenvalue weighted by atomic mass is 10.0. The van der Waals surface area contributed by atoms with Crippen LogP contribution in [0.1, 0.15) is 47.6 Å². The van der Waals surface area contributed by atoms with Crippen molar-refractivity contribution in [3.8, 4) is 5.75 Å². The molecule has 1 aliphatic heterocycles. The highest BCUT2D eigenvalue weighted by Crippen LogP contribution is 2.33. The first-order valence-electron chi connectivity index (χ1n) is 9.24. The van der Waals surface area contributed by atoms with Gasteiger partial charge in [-0.3, -0.25) is 9.59 Å². The maximum absolute atomic E-state index is 13.5. The minimum atomic E-state index is -0.361. The van der Waals surface area contributed by atoms with E-state index in [0.29, 0.717) is 30.0 Å². The molecule has 1 atom stereocenters. The van der Waals surface area contributed by atoms with E-state index < -0.39 is 0 Å². The second kappa shape index (κ2) is 7.39. The van der Waals surface area contributed by atoms with Crippen LogP contribution in [-0.4, -0.2) is 18.4 Å². The topological polar surface area (TPSA) is 67.4 Å². The molecule has 27 heavy (non-hydrogen) atoms. The average Bonchev–Trinajstić information content (AvgIpc) is 3.50. The summed E-state index contributed by atoms with van der Waals surface area (Å²) in [5.74, 6) is -0.0161. The molecule has 0 spiro atoms. The van der Waals surface area contributed by atoms with Crippen LogP contribution >= 0.6 is 0 Å². The number of halogens is 1. The van der Waals surface area contributed by atoms with Gasteiger partial charge in [-0.1, -0.05) is 12.1 Å². The van der Waals surface area contributed by atoms with Crippen LogP contribution in [0.4, 0.5) is 10.1 Å². The van der Waals surface area contributed by atoms with Crippen molar-refractivity contribution in [2.45, 2.75) is 31.7 Å². The van der Waals surface area contributed by atoms with Crippen molar-refractivity contribution < 1.29 is 18.7 Å². The molecule has 6 heteroatoms. The Kier molecular flexibility index (Phi) is 4.79. The van der Waals surface area contributed by atoms with E-state index in [4.69, 9.17) is 4.74 Å². The number of fused-ring (bicyclic) bond motifs is 1. The number of benzene rings is 2. The van der Waals surface area contributed by atoms with Gasteiger partial charge < -0.3 is 15.4 Å². The number of carbonyl (C=O) groups is 2. The summed E-state index contributed by atoms with van der Waals surface area (Å²) in [7, 11) is 0. The molecule has 5 nitrogen and oxygen atoms in total. The lowest BCUT2D eigenvalue weighted by molar-refractivity contribution is -0.117. The van der Waals surface area contributed by atoms with Gasteiger partial charge in [0.15, 0.2) is 0 Å². The molecule has 2 aromatic rings. The summed E-state index contributed by atoms with van der Waals surface area (Å²) in [6, 6.07) is 11.0. The molecule has 0 radical (unpaired) electrons. The number of anilines is 1. The Morgan fingerprint density at radius 2 is 1.93 bits per heavy atom. The summed E-state index contributed by atoms with van der Waals surface area (Å²) in [4.78, 5) is 24.7. The predicted octanol–water partition coefficient (Wildman–Crippen LogP) is 3.82. The first kappa shape index (κ1) is 17.5. The molecule has 0 bridgehead atoms. The highest BCUT2D eigenvalue weighted by Gasteiger charge is 2.29. The second-order valence-corrected chi connectivity index (χ2v) is 7.04. The number of amides is 2. The Morgan fingerprint density at radius 1 is 1.07 bits per heavy atom. The standard InChI is InChI=1S/C21H21FN2O3/c22-15-8-9-17-18(5-2-10-27-19(17)12-15)24-21(26)14-3-1-4-16(11-14)23-20(25)13-6-7-13/h1,3-4,8-9,11-13,18H,2,5-7,10H2,(H,23,25)(H,24,26). The van der Waals surface area contributed by atoms with Gasteiger partial charge in [-0.15, -0.1) is 0 Å². The van der Waals surface area contributed by atoms with E-state index in [1.165, 1.54) is 12.1 Å². The van der Waals surface area contributed by atoms with Gasteiger partial charge in [-0.25, -0.2) is 4.39 Å². The first-order chi connectivity index (χ1) is 13.1. The molecule has 1 fully saturated rings. The molecular formula is C21H21FN2O3. The van der Waals surface area contributed by atoms with Crippen LogP contribution in [0.25, 0.3) is 0 Å². The molecule has 2 aliphatic rings. The minimum absolute atomic E-state index is 0.00410. The summed E-state index contributed by atoms with van der Waals surface area (Å²) < 4.78 is 19.1. The van der Waals surface area contributed by atoms with E-state index in [2.05, 4.69) is 10.6 Å². The van der Waals surface area contributed by atoms with Gasteiger partial charge in [0.2, 0.25) is 5.91 Å². The van der Waals surface area contributed by atoms with Crippen molar-refractivity contribution >= 4 is 17.5 Å². The molecule has 0 saturated heterocycles. The van der Waals surface area contributed by atoms with E-state index in [-0.39, 0.29) is 29.6 Å². The van der Waals surface area contributed by atoms with Gasteiger partial charge in [-0.2, -0.15) is 0 Å². The largest absolute Gasteiger partial charge is 0.493 e. The summed E-state index contributed by atoms with van der Waals surface area (Å²) in [6.07, 6.45) is 3.33. The van der Waals surface area contributed by atoms with Crippen LogP contribution in [-0.2, 0) is 4.79 Å². The summed E-state index contributed by atoms with van der Waals surface area (Å²) >= 11 is 0. The number of rotatable bonds is 4. The van der Waals surface area contributed by atoms with Crippen molar-refractivity contribution in [2.75, 3.05) is 11.9 Å².